The Bertz CT molecular complexity index is 4190. The molecule has 0 saturated carbocycles. The molecule has 5 heteroatoms. The quantitative estimate of drug-likeness (QED) is 0.137. The minimum absolute atomic E-state index is 0.0484. The van der Waals surface area contributed by atoms with Crippen LogP contribution in [0.2, 0.25) is 0 Å². The van der Waals surface area contributed by atoms with Crippen molar-refractivity contribution in [3.63, 3.8) is 0 Å². The second kappa shape index (κ2) is 19.8. The molecule has 0 atom stereocenters. The van der Waals surface area contributed by atoms with Gasteiger partial charge in [-0.05, 0) is 104 Å². The van der Waals surface area contributed by atoms with Crippen molar-refractivity contribution in [2.75, 3.05) is 16.5 Å². The Morgan fingerprint density at radius 1 is 0.392 bits per heavy atom. The van der Waals surface area contributed by atoms with Gasteiger partial charge in [0.15, 0.2) is 0 Å². The molecular weight excluding hydrogens is 961 g/mol. The summed E-state index contributed by atoms with van der Waals surface area (Å²) < 4.78 is 9.65. The Kier molecular flexibility index (Phi) is 12.3. The molecule has 1 aliphatic heterocycles. The summed E-state index contributed by atoms with van der Waals surface area (Å²) in [5, 5.41) is 2.26. The van der Waals surface area contributed by atoms with Gasteiger partial charge in [0.05, 0.1) is 28.1 Å². The zero-order chi connectivity index (χ0) is 53.8. The van der Waals surface area contributed by atoms with E-state index in [9.17, 15) is 0 Å². The fourth-order valence-electron chi connectivity index (χ4n) is 11.6. The fourth-order valence-corrected chi connectivity index (χ4v) is 11.6. The summed E-state index contributed by atoms with van der Waals surface area (Å²) in [6.07, 6.45) is 2.06. The van der Waals surface area contributed by atoms with Gasteiger partial charge in [-0.1, -0.05) is 230 Å². The average Bonchev–Trinajstić information content (AvgIpc) is 4.27. The number of para-hydroxylation sites is 3. The van der Waals surface area contributed by atoms with E-state index in [2.05, 4.69) is 311 Å². The third-order valence-corrected chi connectivity index (χ3v) is 15.6. The number of nitrogens with zero attached hydrogens (tertiary/aromatic N) is 4. The molecule has 3 heterocycles. The highest BCUT2D eigenvalue weighted by Gasteiger charge is 2.32. The lowest BCUT2D eigenvalue weighted by Crippen LogP contribution is -2.25. The fraction of sp³-hybridized carbons (Fsp3) is 0.122. The van der Waals surface area contributed by atoms with E-state index in [0.717, 1.165) is 84.0 Å². The molecule has 5 nitrogen and oxygen atoms in total. The van der Waals surface area contributed by atoms with Gasteiger partial charge >= 0.3 is 0 Å². The van der Waals surface area contributed by atoms with Gasteiger partial charge in [-0.15, -0.1) is 0 Å². The lowest BCUT2D eigenvalue weighted by atomic mass is 9.82. The summed E-state index contributed by atoms with van der Waals surface area (Å²) in [5.41, 5.74) is 20.4. The minimum Gasteiger partial charge on any atom is -0.457 e. The Labute approximate surface area is 464 Å². The van der Waals surface area contributed by atoms with E-state index in [4.69, 9.17) is 9.72 Å². The van der Waals surface area contributed by atoms with Gasteiger partial charge < -0.3 is 14.5 Å². The molecule has 0 unspecified atom stereocenters. The Morgan fingerprint density at radius 3 is 1.54 bits per heavy atom. The molecule has 1 aliphatic rings. The molecule has 0 N–H and O–H groups in total. The van der Waals surface area contributed by atoms with E-state index in [-0.39, 0.29) is 10.8 Å². The van der Waals surface area contributed by atoms with Crippen molar-refractivity contribution in [3.05, 3.63) is 266 Å². The lowest BCUT2D eigenvalue weighted by molar-refractivity contribution is 0.485. The zero-order valence-corrected chi connectivity index (χ0v) is 45.7. The van der Waals surface area contributed by atoms with E-state index < -0.39 is 0 Å². The van der Waals surface area contributed by atoms with Crippen LogP contribution in [0, 0.1) is 0 Å². The van der Waals surface area contributed by atoms with Gasteiger partial charge in [-0.25, -0.2) is 4.98 Å². The van der Waals surface area contributed by atoms with Crippen LogP contribution in [0.4, 0.5) is 22.7 Å². The SMILES string of the molecule is CC(C)(C)c1ccc(-c2cccc(-c3ccccc3)c2N2CN(c3cccc(Oc4cc5c(cc4-c4ccccc4)c4cc(-c6ccccc6)ccc4n5-c4cc(C(C)(C)C)c(-c5ccccc5)cn4)c3)c3ccccc32)cc1. The van der Waals surface area contributed by atoms with Gasteiger partial charge in [0, 0.05) is 57.0 Å². The number of ether oxygens (including phenoxy) is 1. The molecule has 12 aromatic rings. The maximum Gasteiger partial charge on any atom is 0.137 e. The molecule has 0 aliphatic carbocycles. The molecule has 2 aromatic heterocycles. The normalized spacial score (nSPS) is 12.6. The van der Waals surface area contributed by atoms with Crippen molar-refractivity contribution in [2.45, 2.75) is 52.4 Å². The number of pyridine rings is 1. The van der Waals surface area contributed by atoms with Crippen LogP contribution in [-0.4, -0.2) is 16.2 Å². The molecule has 0 amide bonds. The van der Waals surface area contributed by atoms with Crippen molar-refractivity contribution in [3.8, 4) is 73.0 Å². The van der Waals surface area contributed by atoms with Gasteiger partial charge in [0.1, 0.15) is 24.0 Å². The number of hydrogen-bond donors (Lipinski definition) is 0. The summed E-state index contributed by atoms with van der Waals surface area (Å²) in [4.78, 5) is 10.2. The third kappa shape index (κ3) is 9.21. The Balaban J connectivity index is 0.949. The van der Waals surface area contributed by atoms with Crippen LogP contribution in [0.25, 0.3) is 83.3 Å². The molecule has 0 bridgehead atoms. The summed E-state index contributed by atoms with van der Waals surface area (Å²) in [6.45, 7) is 14.3. The number of benzene rings is 10. The highest BCUT2D eigenvalue weighted by atomic mass is 16.5. The number of rotatable bonds is 10. The second-order valence-corrected chi connectivity index (χ2v) is 22.8. The van der Waals surface area contributed by atoms with Crippen molar-refractivity contribution in [1.29, 1.82) is 0 Å². The molecule has 384 valence electrons. The summed E-state index contributed by atoms with van der Waals surface area (Å²) in [6, 6.07) is 89.6. The maximum atomic E-state index is 7.32. The first-order chi connectivity index (χ1) is 38.4. The highest BCUT2D eigenvalue weighted by Crippen LogP contribution is 2.51. The lowest BCUT2D eigenvalue weighted by Gasteiger charge is -2.27. The molecule has 0 saturated heterocycles. The van der Waals surface area contributed by atoms with Crippen LogP contribution < -0.4 is 14.5 Å². The van der Waals surface area contributed by atoms with E-state index >= 15 is 0 Å². The molecule has 0 radical (unpaired) electrons. The number of fused-ring (bicyclic) bond motifs is 4. The third-order valence-electron chi connectivity index (χ3n) is 15.6. The Hall–Kier alpha value is -9.45. The minimum atomic E-state index is -0.166. The van der Waals surface area contributed by atoms with Crippen LogP contribution in [0.15, 0.2) is 255 Å². The Morgan fingerprint density at radius 2 is 0.924 bits per heavy atom. The van der Waals surface area contributed by atoms with Gasteiger partial charge in [0.2, 0.25) is 0 Å². The van der Waals surface area contributed by atoms with Crippen molar-refractivity contribution >= 4 is 44.6 Å². The highest BCUT2D eigenvalue weighted by molar-refractivity contribution is 6.12. The molecule has 10 aromatic carbocycles. The second-order valence-electron chi connectivity index (χ2n) is 22.8. The molecule has 0 spiro atoms. The summed E-state index contributed by atoms with van der Waals surface area (Å²) >= 11 is 0. The van der Waals surface area contributed by atoms with Crippen LogP contribution in [-0.2, 0) is 10.8 Å². The molecule has 13 rings (SSSR count). The predicted molar refractivity (Wildman–Crippen MR) is 332 cm³/mol. The summed E-state index contributed by atoms with van der Waals surface area (Å²) in [7, 11) is 0. The number of aromatic nitrogens is 2. The molecular formula is C74H62N4O. The van der Waals surface area contributed by atoms with Gasteiger partial charge in [0.25, 0.3) is 0 Å². The van der Waals surface area contributed by atoms with E-state index in [1.807, 2.05) is 0 Å². The van der Waals surface area contributed by atoms with Crippen LogP contribution >= 0.6 is 0 Å². The maximum absolute atomic E-state index is 7.32. The topological polar surface area (TPSA) is 33.5 Å². The largest absolute Gasteiger partial charge is 0.457 e. The zero-order valence-electron chi connectivity index (χ0n) is 45.7. The first-order valence-electron chi connectivity index (χ1n) is 27.5. The standard InChI is InChI=1S/C74H62N4O/c1-73(2,3)56-40-37-54(38-41-56)60-34-22-33-59(51-25-13-8-14-26-51)72(60)77-49-76(67-35-19-20-36-68(67)77)57-31-21-32-58(44-57)79-70-47-69-63(45-61(70)52-27-15-9-16-28-52)62-43-55(50-23-11-7-12-24-50)39-42-66(62)78(69)71-46-65(74(4,5)6)64(48-75-71)53-29-17-10-18-30-53/h7-48H,49H2,1-6H3. The van der Waals surface area contributed by atoms with Crippen LogP contribution in [0.1, 0.15) is 52.7 Å². The molecule has 79 heavy (non-hydrogen) atoms. The van der Waals surface area contributed by atoms with E-state index in [0.29, 0.717) is 6.67 Å². The van der Waals surface area contributed by atoms with Crippen LogP contribution in [0.3, 0.4) is 0 Å². The average molecular weight is 1020 g/mol. The van der Waals surface area contributed by atoms with Crippen molar-refractivity contribution < 1.29 is 4.74 Å². The van der Waals surface area contributed by atoms with E-state index in [1.54, 1.807) is 0 Å². The monoisotopic (exact) mass is 1020 g/mol. The number of hydrogen-bond acceptors (Lipinski definition) is 4. The van der Waals surface area contributed by atoms with Crippen molar-refractivity contribution in [2.24, 2.45) is 0 Å². The van der Waals surface area contributed by atoms with Crippen LogP contribution in [0.5, 0.6) is 11.5 Å². The van der Waals surface area contributed by atoms with Crippen molar-refractivity contribution in [1.82, 2.24) is 9.55 Å². The first-order valence-corrected chi connectivity index (χ1v) is 27.5. The predicted octanol–water partition coefficient (Wildman–Crippen LogP) is 20.1. The van der Waals surface area contributed by atoms with E-state index in [1.165, 1.54) is 44.6 Å². The first kappa shape index (κ1) is 49.1. The number of anilines is 4. The summed E-state index contributed by atoms with van der Waals surface area (Å²) in [5.74, 6) is 2.35. The van der Waals surface area contributed by atoms with Gasteiger partial charge in [-0.3, -0.25) is 4.57 Å². The molecule has 0 fully saturated rings. The smallest absolute Gasteiger partial charge is 0.137 e. The van der Waals surface area contributed by atoms with Gasteiger partial charge in [-0.2, -0.15) is 0 Å².